The van der Waals surface area contributed by atoms with Crippen LogP contribution in [0.25, 0.3) is 0 Å². The molecular weight excluding hydrogens is 286 g/mol. The van der Waals surface area contributed by atoms with Crippen LogP contribution in [0.5, 0.6) is 0 Å². The minimum absolute atomic E-state index is 0.0233. The first kappa shape index (κ1) is 24.1. The number of carboxylic acids is 1. The maximum absolute atomic E-state index is 10.3. The second kappa shape index (κ2) is 10.8. The van der Waals surface area contributed by atoms with Crippen LogP contribution in [0.4, 0.5) is 0 Å². The van der Waals surface area contributed by atoms with E-state index in [1.54, 1.807) is 0 Å². The van der Waals surface area contributed by atoms with Gasteiger partial charge in [0.25, 0.3) is 0 Å². The lowest BCUT2D eigenvalue weighted by atomic mass is 9.88. The summed E-state index contributed by atoms with van der Waals surface area (Å²) in [6, 6.07) is 0. The molecule has 8 heteroatoms. The predicted molar refractivity (Wildman–Crippen MR) is 79.0 cm³/mol. The zero-order valence-electron chi connectivity index (χ0n) is 13.3. The zero-order chi connectivity index (χ0) is 17.1. The molecule has 0 saturated carbocycles. The summed E-state index contributed by atoms with van der Waals surface area (Å²) in [5, 5.41) is 8.45. The molecule has 0 amide bonds. The minimum Gasteiger partial charge on any atom is -0.478 e. The molecule has 0 fully saturated rings. The van der Waals surface area contributed by atoms with Crippen molar-refractivity contribution in [2.45, 2.75) is 27.2 Å². The van der Waals surface area contributed by atoms with Gasteiger partial charge in [-0.2, -0.15) is 8.42 Å². The molecule has 20 heavy (non-hydrogen) atoms. The molecule has 0 spiro atoms. The molecule has 0 rings (SSSR count). The van der Waals surface area contributed by atoms with Crippen LogP contribution in [0.1, 0.15) is 27.2 Å². The van der Waals surface area contributed by atoms with E-state index in [1.807, 2.05) is 46.8 Å². The van der Waals surface area contributed by atoms with Gasteiger partial charge in [0.05, 0.1) is 7.11 Å². The first-order valence-electron chi connectivity index (χ1n) is 5.67. The molecule has 7 nitrogen and oxygen atoms in total. The monoisotopic (exact) mass is 313 g/mol. The Balaban J connectivity index is -0.000000246. The first-order chi connectivity index (χ1) is 8.62. The topological polar surface area (TPSA) is 104 Å². The van der Waals surface area contributed by atoms with Gasteiger partial charge in [0.15, 0.2) is 0 Å². The van der Waals surface area contributed by atoms with Crippen LogP contribution in [-0.2, 0) is 19.4 Å². The van der Waals surface area contributed by atoms with E-state index in [0.717, 1.165) is 7.11 Å². The molecule has 0 aromatic heterocycles. The van der Waals surface area contributed by atoms with Crippen molar-refractivity contribution in [2.24, 2.45) is 5.41 Å². The van der Waals surface area contributed by atoms with Crippen LogP contribution < -0.4 is 0 Å². The normalized spacial score (nSPS) is 10.8. The molecule has 0 aromatic carbocycles. The molecule has 0 radical (unpaired) electrons. The molecule has 0 aliphatic rings. The summed E-state index contributed by atoms with van der Waals surface area (Å²) in [5.41, 5.74) is 0.308. The van der Waals surface area contributed by atoms with Crippen LogP contribution in [0.2, 0.25) is 0 Å². The molecule has 0 aliphatic heterocycles. The van der Waals surface area contributed by atoms with E-state index < -0.39 is 16.4 Å². The van der Waals surface area contributed by atoms with Crippen molar-refractivity contribution >= 4 is 16.4 Å². The Kier molecular flexibility index (Phi) is 13.0. The van der Waals surface area contributed by atoms with Gasteiger partial charge in [-0.1, -0.05) is 27.4 Å². The fraction of sp³-hybridized carbons (Fsp3) is 0.750. The number of nitrogens with zero attached hydrogens (tertiary/aromatic N) is 1. The zero-order valence-corrected chi connectivity index (χ0v) is 14.1. The summed E-state index contributed by atoms with van der Waals surface area (Å²) in [6.45, 7) is 9.40. The fourth-order valence-corrected chi connectivity index (χ4v) is 0.716. The molecule has 0 saturated heterocycles. The van der Waals surface area contributed by atoms with Gasteiger partial charge in [-0.05, 0) is 33.0 Å². The molecule has 0 unspecified atom stereocenters. The van der Waals surface area contributed by atoms with Crippen LogP contribution >= 0.6 is 0 Å². The second-order valence-corrected chi connectivity index (χ2v) is 6.77. The number of hydrogen-bond donors (Lipinski definition) is 2. The summed E-state index contributed by atoms with van der Waals surface area (Å²) < 4.78 is 29.7. The van der Waals surface area contributed by atoms with E-state index in [0.29, 0.717) is 6.42 Å². The maximum Gasteiger partial charge on any atom is 0.397 e. The smallest absolute Gasteiger partial charge is 0.397 e. The van der Waals surface area contributed by atoms with E-state index in [2.05, 4.69) is 10.8 Å². The highest BCUT2D eigenvalue weighted by atomic mass is 32.3. The molecule has 0 aromatic rings. The SMILES string of the molecule is C=C(CC(C)(C)C)C(=O)O.CN(C)C.COS(=O)(=O)O. The lowest BCUT2D eigenvalue weighted by Gasteiger charge is -2.17. The first-order valence-corrected chi connectivity index (χ1v) is 7.04. The maximum atomic E-state index is 10.3. The van der Waals surface area contributed by atoms with E-state index >= 15 is 0 Å². The van der Waals surface area contributed by atoms with Crippen molar-refractivity contribution in [1.82, 2.24) is 4.90 Å². The summed E-state index contributed by atoms with van der Waals surface area (Å²) in [5.74, 6) is -0.894. The van der Waals surface area contributed by atoms with Gasteiger partial charge >= 0.3 is 16.4 Å². The Hall–Kier alpha value is -0.960. The molecule has 0 atom stereocenters. The third-order valence-corrected chi connectivity index (χ3v) is 1.68. The number of carboxylic acid groups (broad SMARTS) is 1. The Morgan fingerprint density at radius 3 is 1.55 bits per heavy atom. The molecule has 0 heterocycles. The van der Waals surface area contributed by atoms with Gasteiger partial charge in [0.2, 0.25) is 0 Å². The second-order valence-electron chi connectivity index (χ2n) is 5.58. The standard InChI is InChI=1S/C8H14O2.C3H9N.CH4O4S/c1-6(7(9)10)5-8(2,3)4;1-4(2)3;1-5-6(2,3)4/h1,5H2,2-4H3,(H,9,10);1-3H3;1H3,(H,2,3,4). The Labute approximate surface area is 122 Å². The van der Waals surface area contributed by atoms with Gasteiger partial charge in [0.1, 0.15) is 0 Å². The van der Waals surface area contributed by atoms with Crippen LogP contribution in [-0.4, -0.2) is 57.2 Å². The van der Waals surface area contributed by atoms with E-state index in [-0.39, 0.29) is 11.0 Å². The van der Waals surface area contributed by atoms with Crippen LogP contribution in [0.15, 0.2) is 12.2 Å². The van der Waals surface area contributed by atoms with Crippen molar-refractivity contribution < 1.29 is 27.1 Å². The van der Waals surface area contributed by atoms with E-state index in [4.69, 9.17) is 9.66 Å². The van der Waals surface area contributed by atoms with Crippen molar-refractivity contribution in [2.75, 3.05) is 28.3 Å². The predicted octanol–water partition coefficient (Wildman–Crippen LogP) is 1.68. The molecular formula is C12H27NO6S. The Morgan fingerprint density at radius 1 is 1.25 bits per heavy atom. The van der Waals surface area contributed by atoms with Crippen LogP contribution in [0, 0.1) is 5.41 Å². The number of hydrogen-bond acceptors (Lipinski definition) is 5. The number of carbonyl (C=O) groups is 1. The van der Waals surface area contributed by atoms with E-state index in [9.17, 15) is 13.2 Å². The Bertz CT molecular complexity index is 378. The van der Waals surface area contributed by atoms with Gasteiger partial charge in [-0.15, -0.1) is 0 Å². The molecule has 0 bridgehead atoms. The highest BCUT2D eigenvalue weighted by molar-refractivity contribution is 7.80. The van der Waals surface area contributed by atoms with Crippen LogP contribution in [0.3, 0.4) is 0 Å². The van der Waals surface area contributed by atoms with Crippen molar-refractivity contribution in [1.29, 1.82) is 0 Å². The summed E-state index contributed by atoms with van der Waals surface area (Å²) in [7, 11) is 2.71. The number of rotatable bonds is 3. The van der Waals surface area contributed by atoms with Gasteiger partial charge < -0.3 is 10.0 Å². The van der Waals surface area contributed by atoms with Crippen molar-refractivity contribution in [3.63, 3.8) is 0 Å². The van der Waals surface area contributed by atoms with Gasteiger partial charge in [-0.25, -0.2) is 4.79 Å². The fourth-order valence-electron chi connectivity index (χ4n) is 0.716. The summed E-state index contributed by atoms with van der Waals surface area (Å²) >= 11 is 0. The van der Waals surface area contributed by atoms with Gasteiger partial charge in [-0.3, -0.25) is 8.74 Å². The van der Waals surface area contributed by atoms with Crippen molar-refractivity contribution in [3.8, 4) is 0 Å². The lowest BCUT2D eigenvalue weighted by Crippen LogP contribution is -2.10. The summed E-state index contributed by atoms with van der Waals surface area (Å²) in [6.07, 6.45) is 0.544. The van der Waals surface area contributed by atoms with Gasteiger partial charge in [0, 0.05) is 5.57 Å². The highest BCUT2D eigenvalue weighted by Gasteiger charge is 2.15. The largest absolute Gasteiger partial charge is 0.478 e. The third-order valence-electron chi connectivity index (χ3n) is 1.26. The molecule has 122 valence electrons. The number of aliphatic carboxylic acids is 1. The Morgan fingerprint density at radius 2 is 1.50 bits per heavy atom. The molecule has 2 N–H and O–H groups in total. The highest BCUT2D eigenvalue weighted by Crippen LogP contribution is 2.22. The molecule has 0 aliphatic carbocycles. The average Bonchev–Trinajstić information content (AvgIpc) is 2.13. The summed E-state index contributed by atoms with van der Waals surface area (Å²) in [4.78, 5) is 12.3. The lowest BCUT2D eigenvalue weighted by molar-refractivity contribution is -0.133. The quantitative estimate of drug-likeness (QED) is 0.603. The van der Waals surface area contributed by atoms with Crippen molar-refractivity contribution in [3.05, 3.63) is 12.2 Å². The minimum atomic E-state index is -4.16. The average molecular weight is 313 g/mol. The van der Waals surface area contributed by atoms with E-state index in [1.165, 1.54) is 0 Å². The third kappa shape index (κ3) is 36.0.